The number of para-hydroxylation sites is 1. The first kappa shape index (κ1) is 10.1. The van der Waals surface area contributed by atoms with Crippen LogP contribution in [0.3, 0.4) is 0 Å². The van der Waals surface area contributed by atoms with Gasteiger partial charge in [-0.1, -0.05) is 17.3 Å². The molecule has 0 spiro atoms. The second kappa shape index (κ2) is 3.62. The fraction of sp³-hybridized carbons (Fsp3) is 0.455. The van der Waals surface area contributed by atoms with Gasteiger partial charge in [0, 0.05) is 6.54 Å². The molecule has 80 valence electrons. The van der Waals surface area contributed by atoms with Gasteiger partial charge in [-0.25, -0.2) is 4.68 Å². The molecule has 1 N–H and O–H groups in total. The van der Waals surface area contributed by atoms with E-state index in [0.29, 0.717) is 13.0 Å². The molecule has 1 heterocycles. The van der Waals surface area contributed by atoms with Gasteiger partial charge in [0.2, 0.25) is 0 Å². The summed E-state index contributed by atoms with van der Waals surface area (Å²) in [5, 5.41) is 17.7. The van der Waals surface area contributed by atoms with Gasteiger partial charge in [0.1, 0.15) is 5.52 Å². The first-order chi connectivity index (χ1) is 7.06. The molecule has 0 radical (unpaired) electrons. The van der Waals surface area contributed by atoms with E-state index in [4.69, 9.17) is 0 Å². The Morgan fingerprint density at radius 2 is 2.07 bits per heavy atom. The molecule has 0 aliphatic rings. The largest absolute Gasteiger partial charge is 0.390 e. The number of nitrogens with zero attached hydrogens (tertiary/aromatic N) is 3. The Morgan fingerprint density at radius 1 is 1.33 bits per heavy atom. The normalized spacial score (nSPS) is 12.2. The van der Waals surface area contributed by atoms with Crippen molar-refractivity contribution in [2.24, 2.45) is 0 Å². The van der Waals surface area contributed by atoms with Crippen LogP contribution in [0.4, 0.5) is 0 Å². The van der Waals surface area contributed by atoms with E-state index in [2.05, 4.69) is 10.3 Å². The molecule has 1 aromatic carbocycles. The number of rotatable bonds is 3. The first-order valence-electron chi connectivity index (χ1n) is 5.07. The van der Waals surface area contributed by atoms with Crippen molar-refractivity contribution in [3.63, 3.8) is 0 Å². The summed E-state index contributed by atoms with van der Waals surface area (Å²) in [7, 11) is 0. The van der Waals surface area contributed by atoms with Crippen LogP contribution in [0.1, 0.15) is 20.3 Å². The van der Waals surface area contributed by atoms with Gasteiger partial charge < -0.3 is 5.11 Å². The van der Waals surface area contributed by atoms with Crippen molar-refractivity contribution in [3.8, 4) is 0 Å². The molecule has 0 atom stereocenters. The molecule has 0 aliphatic carbocycles. The third kappa shape index (κ3) is 2.33. The van der Waals surface area contributed by atoms with Gasteiger partial charge in [-0.3, -0.25) is 0 Å². The third-order valence-electron chi connectivity index (χ3n) is 2.36. The summed E-state index contributed by atoms with van der Waals surface area (Å²) in [6.45, 7) is 4.28. The minimum Gasteiger partial charge on any atom is -0.390 e. The van der Waals surface area contributed by atoms with E-state index in [0.717, 1.165) is 11.0 Å². The number of aliphatic hydroxyl groups is 1. The molecule has 0 bridgehead atoms. The number of hydrogen-bond donors (Lipinski definition) is 1. The monoisotopic (exact) mass is 205 g/mol. The molecule has 0 aliphatic heterocycles. The lowest BCUT2D eigenvalue weighted by atomic mass is 10.1. The highest BCUT2D eigenvalue weighted by Crippen LogP contribution is 2.13. The number of aromatic nitrogens is 3. The van der Waals surface area contributed by atoms with Crippen LogP contribution >= 0.6 is 0 Å². The molecule has 1 aromatic heterocycles. The van der Waals surface area contributed by atoms with E-state index in [1.807, 2.05) is 28.9 Å². The second-order valence-corrected chi connectivity index (χ2v) is 4.36. The van der Waals surface area contributed by atoms with Gasteiger partial charge in [-0.05, 0) is 32.4 Å². The Morgan fingerprint density at radius 3 is 2.80 bits per heavy atom. The number of benzene rings is 1. The van der Waals surface area contributed by atoms with Crippen LogP contribution in [-0.2, 0) is 6.54 Å². The molecule has 2 aromatic rings. The van der Waals surface area contributed by atoms with E-state index in [-0.39, 0.29) is 0 Å². The highest BCUT2D eigenvalue weighted by atomic mass is 16.3. The van der Waals surface area contributed by atoms with Crippen LogP contribution in [0, 0.1) is 0 Å². The highest BCUT2D eigenvalue weighted by molar-refractivity contribution is 5.73. The minimum absolute atomic E-state index is 0.660. The van der Waals surface area contributed by atoms with Crippen molar-refractivity contribution in [1.29, 1.82) is 0 Å². The quantitative estimate of drug-likeness (QED) is 0.827. The summed E-state index contributed by atoms with van der Waals surface area (Å²) >= 11 is 0. The van der Waals surface area contributed by atoms with E-state index in [1.54, 1.807) is 13.8 Å². The summed E-state index contributed by atoms with van der Waals surface area (Å²) < 4.78 is 1.83. The smallest absolute Gasteiger partial charge is 0.113 e. The maximum absolute atomic E-state index is 9.63. The zero-order valence-electron chi connectivity index (χ0n) is 9.01. The van der Waals surface area contributed by atoms with Crippen LogP contribution < -0.4 is 0 Å². The Labute approximate surface area is 88.5 Å². The van der Waals surface area contributed by atoms with Crippen molar-refractivity contribution < 1.29 is 5.11 Å². The Balaban J connectivity index is 2.22. The average Bonchev–Trinajstić information content (AvgIpc) is 2.57. The van der Waals surface area contributed by atoms with E-state index in [1.165, 1.54) is 0 Å². The van der Waals surface area contributed by atoms with Crippen LogP contribution in [0.2, 0.25) is 0 Å². The van der Waals surface area contributed by atoms with Gasteiger partial charge >= 0.3 is 0 Å². The lowest BCUT2D eigenvalue weighted by Crippen LogP contribution is -2.21. The molecule has 0 amide bonds. The SMILES string of the molecule is CC(C)(O)CCn1nnc2ccccc21. The van der Waals surface area contributed by atoms with Crippen LogP contribution in [-0.4, -0.2) is 25.7 Å². The zero-order valence-corrected chi connectivity index (χ0v) is 9.01. The molecule has 4 heteroatoms. The van der Waals surface area contributed by atoms with Crippen molar-refractivity contribution >= 4 is 11.0 Å². The lowest BCUT2D eigenvalue weighted by molar-refractivity contribution is 0.0653. The van der Waals surface area contributed by atoms with Gasteiger partial charge in [-0.15, -0.1) is 5.10 Å². The second-order valence-electron chi connectivity index (χ2n) is 4.36. The van der Waals surface area contributed by atoms with E-state index < -0.39 is 5.60 Å². The molecule has 2 rings (SSSR count). The van der Waals surface area contributed by atoms with Crippen LogP contribution in [0.15, 0.2) is 24.3 Å². The molecule has 0 saturated heterocycles. The van der Waals surface area contributed by atoms with Crippen LogP contribution in [0.25, 0.3) is 11.0 Å². The number of hydrogen-bond acceptors (Lipinski definition) is 3. The Hall–Kier alpha value is -1.42. The molecule has 0 fully saturated rings. The van der Waals surface area contributed by atoms with E-state index in [9.17, 15) is 5.11 Å². The Kier molecular flexibility index (Phi) is 2.44. The maximum atomic E-state index is 9.63. The molecular formula is C11H15N3O. The number of fused-ring (bicyclic) bond motifs is 1. The summed E-state index contributed by atoms with van der Waals surface area (Å²) in [5.74, 6) is 0. The van der Waals surface area contributed by atoms with Gasteiger partial charge in [0.15, 0.2) is 0 Å². The van der Waals surface area contributed by atoms with Gasteiger partial charge in [0.05, 0.1) is 11.1 Å². The first-order valence-corrected chi connectivity index (χ1v) is 5.07. The maximum Gasteiger partial charge on any atom is 0.113 e. The van der Waals surface area contributed by atoms with Crippen molar-refractivity contribution in [2.45, 2.75) is 32.4 Å². The summed E-state index contributed by atoms with van der Waals surface area (Å²) in [5.41, 5.74) is 1.25. The fourth-order valence-corrected chi connectivity index (χ4v) is 1.46. The Bertz CT molecular complexity index is 456. The molecule has 4 nitrogen and oxygen atoms in total. The van der Waals surface area contributed by atoms with Crippen LogP contribution in [0.5, 0.6) is 0 Å². The minimum atomic E-state index is -0.660. The van der Waals surface area contributed by atoms with Crippen molar-refractivity contribution in [1.82, 2.24) is 15.0 Å². The molecule has 0 saturated carbocycles. The summed E-state index contributed by atoms with van der Waals surface area (Å²) in [6, 6.07) is 7.83. The van der Waals surface area contributed by atoms with Gasteiger partial charge in [-0.2, -0.15) is 0 Å². The summed E-state index contributed by atoms with van der Waals surface area (Å²) in [4.78, 5) is 0. The van der Waals surface area contributed by atoms with Crippen molar-refractivity contribution in [3.05, 3.63) is 24.3 Å². The standard InChI is InChI=1S/C11H15N3O/c1-11(2,15)7-8-14-10-6-4-3-5-9(10)12-13-14/h3-6,15H,7-8H2,1-2H3. The van der Waals surface area contributed by atoms with Crippen molar-refractivity contribution in [2.75, 3.05) is 0 Å². The zero-order chi connectivity index (χ0) is 10.9. The lowest BCUT2D eigenvalue weighted by Gasteiger charge is -2.16. The highest BCUT2D eigenvalue weighted by Gasteiger charge is 2.13. The van der Waals surface area contributed by atoms with Gasteiger partial charge in [0.25, 0.3) is 0 Å². The predicted molar refractivity (Wildman–Crippen MR) is 58.4 cm³/mol. The summed E-state index contributed by atoms with van der Waals surface area (Å²) in [6.07, 6.45) is 0.667. The third-order valence-corrected chi connectivity index (χ3v) is 2.36. The topological polar surface area (TPSA) is 50.9 Å². The number of aryl methyl sites for hydroxylation is 1. The fourth-order valence-electron chi connectivity index (χ4n) is 1.46. The molecule has 0 unspecified atom stereocenters. The van der Waals surface area contributed by atoms with E-state index >= 15 is 0 Å². The average molecular weight is 205 g/mol. The predicted octanol–water partition coefficient (Wildman–Crippen LogP) is 1.59. The molecular weight excluding hydrogens is 190 g/mol. The molecule has 15 heavy (non-hydrogen) atoms.